The summed E-state index contributed by atoms with van der Waals surface area (Å²) in [6, 6.07) is 4.63. The number of carbonyl (C=O) groups excluding carboxylic acids is 1. The number of likely N-dealkylation sites (tertiary alicyclic amines) is 1. The van der Waals surface area contributed by atoms with Gasteiger partial charge in [0.2, 0.25) is 0 Å². The highest BCUT2D eigenvalue weighted by Gasteiger charge is 2.37. The average Bonchev–Trinajstić information content (AvgIpc) is 2.66. The van der Waals surface area contributed by atoms with Crippen molar-refractivity contribution < 1.29 is 13.2 Å². The summed E-state index contributed by atoms with van der Waals surface area (Å²) in [6.07, 6.45) is 1.83. The number of amides is 1. The lowest BCUT2D eigenvalue weighted by molar-refractivity contribution is 0.0648. The number of carbonyl (C=O) groups is 1. The third-order valence-corrected chi connectivity index (χ3v) is 5.15. The van der Waals surface area contributed by atoms with Gasteiger partial charge in [-0.1, -0.05) is 11.6 Å². The Morgan fingerprint density at radius 1 is 1.35 bits per heavy atom. The van der Waals surface area contributed by atoms with E-state index in [0.29, 0.717) is 6.54 Å². The van der Waals surface area contributed by atoms with Gasteiger partial charge in [-0.2, -0.15) is 0 Å². The minimum absolute atomic E-state index is 0.113. The zero-order chi connectivity index (χ0) is 15.1. The van der Waals surface area contributed by atoms with Crippen molar-refractivity contribution in [1.29, 1.82) is 0 Å². The molecule has 1 heterocycles. The third kappa shape index (κ3) is 2.83. The Morgan fingerprint density at radius 2 is 2.00 bits per heavy atom. The first-order valence-electron chi connectivity index (χ1n) is 6.50. The summed E-state index contributed by atoms with van der Waals surface area (Å²) in [5.41, 5.74) is 0.734. The molecule has 0 saturated carbocycles. The fourth-order valence-corrected chi connectivity index (χ4v) is 3.70. The van der Waals surface area contributed by atoms with Crippen LogP contribution in [-0.4, -0.2) is 31.3 Å². The lowest BCUT2D eigenvalue weighted by Gasteiger charge is -2.32. The van der Waals surface area contributed by atoms with Crippen LogP contribution in [0, 0.1) is 6.92 Å². The smallest absolute Gasteiger partial charge is 0.262 e. The molecule has 0 radical (unpaired) electrons. The maximum atomic E-state index is 12.7. The van der Waals surface area contributed by atoms with Crippen molar-refractivity contribution in [2.45, 2.75) is 44.0 Å². The van der Waals surface area contributed by atoms with Gasteiger partial charge in [-0.15, -0.1) is 0 Å². The molecule has 6 heteroatoms. The van der Waals surface area contributed by atoms with Crippen LogP contribution in [0.25, 0.3) is 0 Å². The summed E-state index contributed by atoms with van der Waals surface area (Å²) in [5, 5.41) is 0. The zero-order valence-corrected chi connectivity index (χ0v) is 13.4. The molecule has 20 heavy (non-hydrogen) atoms. The Hall–Kier alpha value is -1.07. The molecule has 0 N–H and O–H groups in total. The molecule has 2 rings (SSSR count). The van der Waals surface area contributed by atoms with Crippen LogP contribution in [0.2, 0.25) is 0 Å². The van der Waals surface area contributed by atoms with E-state index in [9.17, 15) is 13.2 Å². The molecule has 1 aliphatic heterocycles. The van der Waals surface area contributed by atoms with Crippen LogP contribution in [0.4, 0.5) is 0 Å². The van der Waals surface area contributed by atoms with Crippen molar-refractivity contribution in [3.8, 4) is 0 Å². The van der Waals surface area contributed by atoms with Gasteiger partial charge < -0.3 is 4.90 Å². The van der Waals surface area contributed by atoms with Crippen LogP contribution in [0.15, 0.2) is 23.1 Å². The molecule has 1 aliphatic rings. The standard InChI is InChI=1S/C14H18ClNO3S/c1-10-5-6-12(20(15,18)19)11(9-10)13(17)16-8-4-7-14(16,2)3/h5-6,9H,4,7-8H2,1-3H3. The first-order valence-corrected chi connectivity index (χ1v) is 8.81. The van der Waals surface area contributed by atoms with E-state index in [-0.39, 0.29) is 21.9 Å². The minimum Gasteiger partial charge on any atom is -0.333 e. The fraction of sp³-hybridized carbons (Fsp3) is 0.500. The molecular weight excluding hydrogens is 298 g/mol. The Morgan fingerprint density at radius 3 is 2.50 bits per heavy atom. The van der Waals surface area contributed by atoms with Gasteiger partial charge in [0.1, 0.15) is 0 Å². The molecule has 0 aliphatic carbocycles. The summed E-state index contributed by atoms with van der Waals surface area (Å²) in [7, 11) is 1.50. The molecule has 0 atom stereocenters. The van der Waals surface area contributed by atoms with E-state index >= 15 is 0 Å². The highest BCUT2D eigenvalue weighted by Crippen LogP contribution is 2.32. The average molecular weight is 316 g/mol. The third-order valence-electron chi connectivity index (χ3n) is 3.77. The lowest BCUT2D eigenvalue weighted by atomic mass is 10.0. The van der Waals surface area contributed by atoms with Crippen LogP contribution in [-0.2, 0) is 9.05 Å². The first kappa shape index (κ1) is 15.3. The van der Waals surface area contributed by atoms with E-state index in [1.165, 1.54) is 6.07 Å². The summed E-state index contributed by atoms with van der Waals surface area (Å²) < 4.78 is 23.3. The van der Waals surface area contributed by atoms with Crippen molar-refractivity contribution in [1.82, 2.24) is 4.90 Å². The van der Waals surface area contributed by atoms with E-state index < -0.39 is 9.05 Å². The molecule has 1 fully saturated rings. The van der Waals surface area contributed by atoms with Gasteiger partial charge >= 0.3 is 0 Å². The van der Waals surface area contributed by atoms with Crippen LogP contribution in [0.5, 0.6) is 0 Å². The van der Waals surface area contributed by atoms with Crippen molar-refractivity contribution in [3.05, 3.63) is 29.3 Å². The first-order chi connectivity index (χ1) is 9.13. The molecule has 1 amide bonds. The van der Waals surface area contributed by atoms with Crippen molar-refractivity contribution in [2.24, 2.45) is 0 Å². The van der Waals surface area contributed by atoms with Gasteiger partial charge in [-0.05, 0) is 45.7 Å². The SMILES string of the molecule is Cc1ccc(S(=O)(=O)Cl)c(C(=O)N2CCCC2(C)C)c1. The second kappa shape index (κ2) is 5.04. The number of benzene rings is 1. The Kier molecular flexibility index (Phi) is 3.86. The number of nitrogens with zero attached hydrogens (tertiary/aromatic N) is 1. The summed E-state index contributed by atoms with van der Waals surface area (Å²) in [5.74, 6) is -0.268. The largest absolute Gasteiger partial charge is 0.333 e. The highest BCUT2D eigenvalue weighted by molar-refractivity contribution is 8.13. The van der Waals surface area contributed by atoms with E-state index in [1.807, 2.05) is 20.8 Å². The molecule has 0 unspecified atom stereocenters. The van der Waals surface area contributed by atoms with Crippen molar-refractivity contribution in [2.75, 3.05) is 6.54 Å². The molecule has 1 aromatic rings. The fourth-order valence-electron chi connectivity index (χ4n) is 2.65. The Balaban J connectivity index is 2.52. The number of halogens is 1. The van der Waals surface area contributed by atoms with Gasteiger partial charge in [-0.25, -0.2) is 8.42 Å². The quantitative estimate of drug-likeness (QED) is 0.788. The lowest BCUT2D eigenvalue weighted by Crippen LogP contribution is -2.43. The molecule has 0 spiro atoms. The van der Waals surface area contributed by atoms with E-state index in [1.54, 1.807) is 17.0 Å². The summed E-state index contributed by atoms with van der Waals surface area (Å²) >= 11 is 0. The predicted octanol–water partition coefficient (Wildman–Crippen LogP) is 2.94. The topological polar surface area (TPSA) is 54.5 Å². The van der Waals surface area contributed by atoms with Gasteiger partial charge in [0, 0.05) is 22.8 Å². The number of aryl methyl sites for hydroxylation is 1. The second-order valence-electron chi connectivity index (χ2n) is 5.81. The molecule has 0 aromatic heterocycles. The maximum absolute atomic E-state index is 12.7. The van der Waals surface area contributed by atoms with E-state index in [2.05, 4.69) is 0 Å². The monoisotopic (exact) mass is 315 g/mol. The Labute approximate surface area is 124 Å². The normalized spacial score (nSPS) is 18.3. The minimum atomic E-state index is -3.94. The van der Waals surface area contributed by atoms with Gasteiger partial charge in [0.25, 0.3) is 15.0 Å². The zero-order valence-electron chi connectivity index (χ0n) is 11.8. The summed E-state index contributed by atoms with van der Waals surface area (Å²) in [4.78, 5) is 14.3. The molecule has 4 nitrogen and oxygen atoms in total. The van der Waals surface area contributed by atoms with E-state index in [0.717, 1.165) is 18.4 Å². The predicted molar refractivity (Wildman–Crippen MR) is 78.6 cm³/mol. The van der Waals surface area contributed by atoms with Crippen molar-refractivity contribution in [3.63, 3.8) is 0 Å². The van der Waals surface area contributed by atoms with Crippen LogP contribution in [0.3, 0.4) is 0 Å². The Bertz CT molecular complexity index is 652. The van der Waals surface area contributed by atoms with Gasteiger partial charge in [-0.3, -0.25) is 4.79 Å². The number of rotatable bonds is 2. The van der Waals surface area contributed by atoms with Crippen LogP contribution < -0.4 is 0 Å². The maximum Gasteiger partial charge on any atom is 0.262 e. The molecule has 1 saturated heterocycles. The molecule has 0 bridgehead atoms. The van der Waals surface area contributed by atoms with Crippen LogP contribution >= 0.6 is 10.7 Å². The molecular formula is C14H18ClNO3S. The highest BCUT2D eigenvalue weighted by atomic mass is 35.7. The molecule has 110 valence electrons. The van der Waals surface area contributed by atoms with Gasteiger partial charge in [0.05, 0.1) is 10.5 Å². The molecule has 1 aromatic carbocycles. The summed E-state index contributed by atoms with van der Waals surface area (Å²) in [6.45, 7) is 6.43. The van der Waals surface area contributed by atoms with Crippen LogP contribution in [0.1, 0.15) is 42.6 Å². The number of hydrogen-bond acceptors (Lipinski definition) is 3. The van der Waals surface area contributed by atoms with Crippen molar-refractivity contribution >= 4 is 25.6 Å². The number of hydrogen-bond donors (Lipinski definition) is 0. The van der Waals surface area contributed by atoms with Gasteiger partial charge in [0.15, 0.2) is 0 Å². The van der Waals surface area contributed by atoms with E-state index in [4.69, 9.17) is 10.7 Å². The second-order valence-corrected chi connectivity index (χ2v) is 8.34.